The lowest BCUT2D eigenvalue weighted by Crippen LogP contribution is -2.41. The summed E-state index contributed by atoms with van der Waals surface area (Å²) in [6.45, 7) is 1.34. The van der Waals surface area contributed by atoms with E-state index < -0.39 is 29.2 Å². The van der Waals surface area contributed by atoms with Crippen molar-refractivity contribution in [1.29, 1.82) is 0 Å². The number of amides is 3. The van der Waals surface area contributed by atoms with Gasteiger partial charge in [0.25, 0.3) is 17.5 Å². The minimum absolute atomic E-state index is 0.0537. The van der Waals surface area contributed by atoms with Crippen molar-refractivity contribution >= 4 is 23.4 Å². The highest BCUT2D eigenvalue weighted by Gasteiger charge is 2.37. The van der Waals surface area contributed by atoms with Crippen molar-refractivity contribution in [3.8, 4) is 11.1 Å². The van der Waals surface area contributed by atoms with Gasteiger partial charge in [-0.15, -0.1) is 0 Å². The molecule has 8 nitrogen and oxygen atoms in total. The predicted octanol–water partition coefficient (Wildman–Crippen LogP) is 3.74. The van der Waals surface area contributed by atoms with Crippen LogP contribution < -0.4 is 5.32 Å². The van der Waals surface area contributed by atoms with E-state index in [1.165, 1.54) is 6.07 Å². The average Bonchev–Trinajstić information content (AvgIpc) is 3.04. The van der Waals surface area contributed by atoms with Crippen molar-refractivity contribution in [2.24, 2.45) is 0 Å². The van der Waals surface area contributed by atoms with Crippen LogP contribution in [0.2, 0.25) is 0 Å². The summed E-state index contributed by atoms with van der Waals surface area (Å²) in [5.41, 5.74) is 2.70. The second-order valence-electron chi connectivity index (χ2n) is 7.46. The number of hydrogen-bond acceptors (Lipinski definition) is 5. The van der Waals surface area contributed by atoms with Gasteiger partial charge in [0, 0.05) is 12.1 Å². The van der Waals surface area contributed by atoms with Crippen molar-refractivity contribution in [2.45, 2.75) is 13.0 Å². The summed E-state index contributed by atoms with van der Waals surface area (Å²) in [7, 11) is 0. The highest BCUT2D eigenvalue weighted by Crippen LogP contribution is 2.27. The van der Waals surface area contributed by atoms with Crippen LogP contribution >= 0.6 is 0 Å². The maximum absolute atomic E-state index is 12.5. The molecule has 1 aliphatic rings. The van der Waals surface area contributed by atoms with Crippen LogP contribution in [0.1, 0.15) is 39.2 Å². The number of non-ortho nitro benzene ring substituents is 1. The van der Waals surface area contributed by atoms with E-state index in [-0.39, 0.29) is 22.9 Å². The Kier molecular flexibility index (Phi) is 5.51. The van der Waals surface area contributed by atoms with Gasteiger partial charge in [-0.05, 0) is 29.7 Å². The third-order valence-electron chi connectivity index (χ3n) is 5.36. The van der Waals surface area contributed by atoms with Crippen molar-refractivity contribution < 1.29 is 19.3 Å². The summed E-state index contributed by atoms with van der Waals surface area (Å²) in [6.07, 6.45) is 0. The highest BCUT2D eigenvalue weighted by atomic mass is 16.6. The maximum atomic E-state index is 12.5. The molecule has 160 valence electrons. The molecule has 0 saturated carbocycles. The summed E-state index contributed by atoms with van der Waals surface area (Å²) in [6, 6.07) is 20.8. The molecule has 0 fully saturated rings. The van der Waals surface area contributed by atoms with Crippen LogP contribution in [0.15, 0.2) is 72.8 Å². The van der Waals surface area contributed by atoms with Crippen molar-refractivity contribution in [3.63, 3.8) is 0 Å². The fourth-order valence-electron chi connectivity index (χ4n) is 3.64. The molecule has 0 bridgehead atoms. The van der Waals surface area contributed by atoms with E-state index in [1.54, 1.807) is 6.92 Å². The minimum atomic E-state index is -0.719. The zero-order chi connectivity index (χ0) is 22.8. The number of nitrogens with one attached hydrogen (secondary N) is 1. The van der Waals surface area contributed by atoms with Gasteiger partial charge in [-0.3, -0.25) is 29.4 Å². The lowest BCUT2D eigenvalue weighted by atomic mass is 10.0. The fraction of sp³-hybridized carbons (Fsp3) is 0.125. The number of benzene rings is 3. The van der Waals surface area contributed by atoms with E-state index in [4.69, 9.17) is 0 Å². The van der Waals surface area contributed by atoms with Gasteiger partial charge >= 0.3 is 0 Å². The summed E-state index contributed by atoms with van der Waals surface area (Å²) in [5.74, 6) is -1.87. The molecule has 4 rings (SSSR count). The molecule has 1 atom stereocenters. The summed E-state index contributed by atoms with van der Waals surface area (Å²) in [5, 5.41) is 13.7. The molecule has 32 heavy (non-hydrogen) atoms. The number of nitro groups is 1. The molecule has 3 amide bonds. The SMILES string of the molecule is C[C@H](NC(=O)CN1C(=O)c2ccc([N+](=O)[O-])cc2C1=O)c1ccc(-c2ccccc2)cc1. The molecule has 8 heteroatoms. The molecule has 1 heterocycles. The first-order chi connectivity index (χ1) is 15.3. The van der Waals surface area contributed by atoms with Crippen LogP contribution in [-0.4, -0.2) is 34.1 Å². The number of nitro benzene ring substituents is 1. The maximum Gasteiger partial charge on any atom is 0.270 e. The van der Waals surface area contributed by atoms with Crippen LogP contribution in [0.25, 0.3) is 11.1 Å². The van der Waals surface area contributed by atoms with Gasteiger partial charge in [0.15, 0.2) is 0 Å². The summed E-state index contributed by atoms with van der Waals surface area (Å²) in [4.78, 5) is 48.7. The first-order valence-corrected chi connectivity index (χ1v) is 9.94. The minimum Gasteiger partial charge on any atom is -0.348 e. The molecule has 3 aromatic rings. The molecule has 0 aromatic heterocycles. The number of hydrogen-bond donors (Lipinski definition) is 1. The first-order valence-electron chi connectivity index (χ1n) is 9.94. The smallest absolute Gasteiger partial charge is 0.270 e. The molecule has 0 unspecified atom stereocenters. The van der Waals surface area contributed by atoms with Crippen LogP contribution in [-0.2, 0) is 4.79 Å². The Morgan fingerprint density at radius 3 is 2.22 bits per heavy atom. The quantitative estimate of drug-likeness (QED) is 0.365. The molecular weight excluding hydrogens is 410 g/mol. The number of imide groups is 1. The Morgan fingerprint density at radius 2 is 1.56 bits per heavy atom. The second-order valence-corrected chi connectivity index (χ2v) is 7.46. The second kappa shape index (κ2) is 8.43. The molecule has 3 aromatic carbocycles. The van der Waals surface area contributed by atoms with Gasteiger partial charge in [-0.2, -0.15) is 0 Å². The van der Waals surface area contributed by atoms with Crippen molar-refractivity contribution in [3.05, 3.63) is 99.6 Å². The zero-order valence-corrected chi connectivity index (χ0v) is 17.1. The molecule has 0 spiro atoms. The van der Waals surface area contributed by atoms with E-state index >= 15 is 0 Å². The monoisotopic (exact) mass is 429 g/mol. The van der Waals surface area contributed by atoms with E-state index in [2.05, 4.69) is 5.32 Å². The summed E-state index contributed by atoms with van der Waals surface area (Å²) < 4.78 is 0. The van der Waals surface area contributed by atoms with Crippen LogP contribution in [0.3, 0.4) is 0 Å². The Bertz CT molecular complexity index is 1220. The van der Waals surface area contributed by atoms with E-state index in [0.29, 0.717) is 0 Å². The Hall–Kier alpha value is -4.33. The third-order valence-corrected chi connectivity index (χ3v) is 5.36. The number of carbonyl (C=O) groups is 3. The molecular formula is C24H19N3O5. The van der Waals surface area contributed by atoms with E-state index in [1.807, 2.05) is 54.6 Å². The normalized spacial score (nSPS) is 13.6. The van der Waals surface area contributed by atoms with Gasteiger partial charge in [-0.1, -0.05) is 54.6 Å². The molecule has 0 aliphatic carbocycles. The van der Waals surface area contributed by atoms with Gasteiger partial charge in [0.05, 0.1) is 22.1 Å². The van der Waals surface area contributed by atoms with Crippen molar-refractivity contribution in [1.82, 2.24) is 10.2 Å². The number of rotatable bonds is 6. The molecule has 0 saturated heterocycles. The Balaban J connectivity index is 1.42. The molecule has 1 N–H and O–H groups in total. The Labute approximate surface area is 183 Å². The van der Waals surface area contributed by atoms with Crippen molar-refractivity contribution in [2.75, 3.05) is 6.54 Å². The lowest BCUT2D eigenvalue weighted by Gasteiger charge is -2.18. The molecule has 1 aliphatic heterocycles. The van der Waals surface area contributed by atoms with Gasteiger partial charge in [0.2, 0.25) is 5.91 Å². The lowest BCUT2D eigenvalue weighted by molar-refractivity contribution is -0.384. The fourth-order valence-corrected chi connectivity index (χ4v) is 3.64. The molecule has 0 radical (unpaired) electrons. The van der Waals surface area contributed by atoms with Crippen LogP contribution in [0.4, 0.5) is 5.69 Å². The van der Waals surface area contributed by atoms with E-state index in [0.717, 1.165) is 33.7 Å². The van der Waals surface area contributed by atoms with E-state index in [9.17, 15) is 24.5 Å². The average molecular weight is 429 g/mol. The zero-order valence-electron chi connectivity index (χ0n) is 17.1. The topological polar surface area (TPSA) is 110 Å². The number of fused-ring (bicyclic) bond motifs is 1. The summed E-state index contributed by atoms with van der Waals surface area (Å²) >= 11 is 0. The third kappa shape index (κ3) is 3.98. The van der Waals surface area contributed by atoms with Gasteiger partial charge < -0.3 is 5.32 Å². The largest absolute Gasteiger partial charge is 0.348 e. The van der Waals surface area contributed by atoms with Crippen LogP contribution in [0, 0.1) is 10.1 Å². The standard InChI is InChI=1S/C24H19N3O5/c1-15(16-7-9-18(10-8-16)17-5-3-2-4-6-17)25-22(28)14-26-23(29)20-12-11-19(27(31)32)13-21(20)24(26)30/h2-13,15H,14H2,1H3,(H,25,28)/t15-/m0/s1. The predicted molar refractivity (Wildman–Crippen MR) is 117 cm³/mol. The van der Waals surface area contributed by atoms with Gasteiger partial charge in [0.1, 0.15) is 6.54 Å². The Morgan fingerprint density at radius 1 is 0.938 bits per heavy atom. The van der Waals surface area contributed by atoms with Gasteiger partial charge in [-0.25, -0.2) is 0 Å². The van der Waals surface area contributed by atoms with Crippen LogP contribution in [0.5, 0.6) is 0 Å². The number of carbonyl (C=O) groups excluding carboxylic acids is 3. The first kappa shape index (κ1) is 20.9. The number of nitrogens with zero attached hydrogens (tertiary/aromatic N) is 2. The highest BCUT2D eigenvalue weighted by molar-refractivity contribution is 6.22.